The van der Waals surface area contributed by atoms with Gasteiger partial charge in [0.15, 0.2) is 5.65 Å². The van der Waals surface area contributed by atoms with Gasteiger partial charge in [0.2, 0.25) is 0 Å². The molecule has 0 aliphatic heterocycles. The summed E-state index contributed by atoms with van der Waals surface area (Å²) in [6, 6.07) is 1.65. The van der Waals surface area contributed by atoms with Crippen LogP contribution in [0.1, 0.15) is 29.4 Å². The molecule has 0 spiro atoms. The van der Waals surface area contributed by atoms with Gasteiger partial charge in [-0.1, -0.05) is 6.92 Å². The van der Waals surface area contributed by atoms with Gasteiger partial charge in [-0.2, -0.15) is 0 Å². The Bertz CT molecular complexity index is 701. The van der Waals surface area contributed by atoms with Gasteiger partial charge in [-0.25, -0.2) is 4.98 Å². The second-order valence-electron chi connectivity index (χ2n) is 5.02. The SMILES string of the molecule is CCCNCCNC(=O)c1cc(C)nc2c1c(=O)[nH]n2C. The minimum Gasteiger partial charge on any atom is -0.351 e. The summed E-state index contributed by atoms with van der Waals surface area (Å²) in [6.07, 6.45) is 1.05. The van der Waals surface area contributed by atoms with Gasteiger partial charge >= 0.3 is 0 Å². The van der Waals surface area contributed by atoms with Crippen molar-refractivity contribution < 1.29 is 4.79 Å². The lowest BCUT2D eigenvalue weighted by Crippen LogP contribution is -2.32. The molecule has 0 aliphatic rings. The summed E-state index contributed by atoms with van der Waals surface area (Å²) >= 11 is 0. The predicted octanol–water partition coefficient (Wildman–Crippen LogP) is 0.299. The number of fused-ring (bicyclic) bond motifs is 1. The molecule has 0 fully saturated rings. The first-order chi connectivity index (χ1) is 10.0. The fourth-order valence-corrected chi connectivity index (χ4v) is 2.22. The molecule has 1 amide bonds. The number of H-pyrrole nitrogens is 1. The first kappa shape index (κ1) is 15.2. The number of hydrogen-bond donors (Lipinski definition) is 3. The van der Waals surface area contributed by atoms with Crippen molar-refractivity contribution in [2.45, 2.75) is 20.3 Å². The minimum atomic E-state index is -0.297. The second kappa shape index (κ2) is 6.53. The Balaban J connectivity index is 2.21. The summed E-state index contributed by atoms with van der Waals surface area (Å²) in [5, 5.41) is 8.99. The topological polar surface area (TPSA) is 91.8 Å². The van der Waals surface area contributed by atoms with Crippen molar-refractivity contribution in [3.63, 3.8) is 0 Å². The van der Waals surface area contributed by atoms with Gasteiger partial charge in [0.25, 0.3) is 11.5 Å². The molecular weight excluding hydrogens is 270 g/mol. The van der Waals surface area contributed by atoms with Gasteiger partial charge in [0.1, 0.15) is 0 Å². The highest BCUT2D eigenvalue weighted by Gasteiger charge is 2.17. The molecule has 0 unspecified atom stereocenters. The highest BCUT2D eigenvalue weighted by atomic mass is 16.2. The quantitative estimate of drug-likeness (QED) is 0.668. The number of nitrogens with one attached hydrogen (secondary N) is 3. The lowest BCUT2D eigenvalue weighted by molar-refractivity contribution is 0.0955. The molecule has 2 aromatic heterocycles. The zero-order valence-electron chi connectivity index (χ0n) is 12.6. The van der Waals surface area contributed by atoms with Crippen molar-refractivity contribution in [2.75, 3.05) is 19.6 Å². The maximum Gasteiger partial charge on any atom is 0.274 e. The zero-order chi connectivity index (χ0) is 15.4. The molecule has 3 N–H and O–H groups in total. The molecule has 2 aromatic rings. The summed E-state index contributed by atoms with van der Waals surface area (Å²) in [5.41, 5.74) is 1.27. The Morgan fingerprint density at radius 2 is 2.14 bits per heavy atom. The fraction of sp³-hybridized carbons (Fsp3) is 0.500. The van der Waals surface area contributed by atoms with Crippen LogP contribution < -0.4 is 16.2 Å². The summed E-state index contributed by atoms with van der Waals surface area (Å²) in [5.74, 6) is -0.250. The number of carbonyl (C=O) groups excluding carboxylic acids is 1. The van der Waals surface area contributed by atoms with Gasteiger partial charge in [-0.15, -0.1) is 0 Å². The van der Waals surface area contributed by atoms with Crippen LogP contribution in [-0.2, 0) is 7.05 Å². The molecule has 0 aliphatic carbocycles. The van der Waals surface area contributed by atoms with Crippen LogP contribution in [0.2, 0.25) is 0 Å². The molecule has 7 nitrogen and oxygen atoms in total. The Hall–Kier alpha value is -2.15. The smallest absolute Gasteiger partial charge is 0.274 e. The number of hydrogen-bond acceptors (Lipinski definition) is 4. The van der Waals surface area contributed by atoms with Crippen molar-refractivity contribution in [3.05, 3.63) is 27.7 Å². The lowest BCUT2D eigenvalue weighted by Gasteiger charge is -2.07. The second-order valence-corrected chi connectivity index (χ2v) is 5.02. The van der Waals surface area contributed by atoms with E-state index in [2.05, 4.69) is 27.6 Å². The summed E-state index contributed by atoms with van der Waals surface area (Å²) in [4.78, 5) is 28.5. The van der Waals surface area contributed by atoms with E-state index < -0.39 is 0 Å². The van der Waals surface area contributed by atoms with Crippen LogP contribution in [-0.4, -0.2) is 40.3 Å². The van der Waals surface area contributed by atoms with Crippen LogP contribution in [0.4, 0.5) is 0 Å². The third-order valence-corrected chi connectivity index (χ3v) is 3.20. The van der Waals surface area contributed by atoms with Crippen LogP contribution in [0, 0.1) is 6.92 Å². The number of nitrogens with zero attached hydrogens (tertiary/aromatic N) is 2. The first-order valence-electron chi connectivity index (χ1n) is 7.10. The van der Waals surface area contributed by atoms with Crippen LogP contribution >= 0.6 is 0 Å². The lowest BCUT2D eigenvalue weighted by atomic mass is 10.1. The Labute approximate surface area is 122 Å². The van der Waals surface area contributed by atoms with Crippen LogP contribution in [0.25, 0.3) is 11.0 Å². The van der Waals surface area contributed by atoms with E-state index in [9.17, 15) is 9.59 Å². The summed E-state index contributed by atoms with van der Waals surface area (Å²) in [7, 11) is 1.70. The van der Waals surface area contributed by atoms with Gasteiger partial charge in [0, 0.05) is 25.8 Å². The van der Waals surface area contributed by atoms with Crippen molar-refractivity contribution in [2.24, 2.45) is 7.05 Å². The van der Waals surface area contributed by atoms with Crippen LogP contribution in [0.5, 0.6) is 0 Å². The number of amides is 1. The van der Waals surface area contributed by atoms with Crippen molar-refractivity contribution in [1.82, 2.24) is 25.4 Å². The average Bonchev–Trinajstić information content (AvgIpc) is 2.72. The largest absolute Gasteiger partial charge is 0.351 e. The van der Waals surface area contributed by atoms with Crippen molar-refractivity contribution >= 4 is 16.9 Å². The number of pyridine rings is 1. The molecule has 114 valence electrons. The van der Waals surface area contributed by atoms with Gasteiger partial charge in [-0.3, -0.25) is 19.4 Å². The molecule has 0 radical (unpaired) electrons. The maximum absolute atomic E-state index is 12.3. The molecule has 21 heavy (non-hydrogen) atoms. The third-order valence-electron chi connectivity index (χ3n) is 3.20. The highest BCUT2D eigenvalue weighted by Crippen LogP contribution is 2.14. The number of rotatable bonds is 6. The van der Waals surface area contributed by atoms with Crippen LogP contribution in [0.3, 0.4) is 0 Å². The summed E-state index contributed by atoms with van der Waals surface area (Å²) < 4.78 is 1.53. The monoisotopic (exact) mass is 291 g/mol. The van der Waals surface area contributed by atoms with E-state index in [1.54, 1.807) is 20.0 Å². The average molecular weight is 291 g/mol. The van der Waals surface area contributed by atoms with Crippen molar-refractivity contribution in [3.8, 4) is 0 Å². The molecule has 7 heteroatoms. The molecule has 0 saturated carbocycles. The molecular formula is C14H21N5O2. The predicted molar refractivity (Wildman–Crippen MR) is 81.6 cm³/mol. The van der Waals surface area contributed by atoms with E-state index in [1.807, 2.05) is 0 Å². The third kappa shape index (κ3) is 3.30. The Morgan fingerprint density at radius 1 is 1.38 bits per heavy atom. The van der Waals surface area contributed by atoms with E-state index in [1.165, 1.54) is 4.68 Å². The molecule has 2 heterocycles. The van der Waals surface area contributed by atoms with E-state index in [0.29, 0.717) is 35.4 Å². The van der Waals surface area contributed by atoms with Gasteiger partial charge < -0.3 is 10.6 Å². The van der Waals surface area contributed by atoms with E-state index >= 15 is 0 Å². The Kier molecular flexibility index (Phi) is 4.74. The Morgan fingerprint density at radius 3 is 2.86 bits per heavy atom. The standard InChI is InChI=1S/C14H21N5O2/c1-4-5-15-6-7-16-13(20)10-8-9(2)17-12-11(10)14(21)18-19(12)3/h8,15H,4-7H2,1-3H3,(H,16,20)(H,18,21). The molecule has 0 aromatic carbocycles. The number of aryl methyl sites for hydroxylation is 2. The highest BCUT2D eigenvalue weighted by molar-refractivity contribution is 6.05. The van der Waals surface area contributed by atoms with Crippen LogP contribution in [0.15, 0.2) is 10.9 Å². The van der Waals surface area contributed by atoms with Gasteiger partial charge in [-0.05, 0) is 26.0 Å². The number of carbonyl (C=O) groups is 1. The van der Waals surface area contributed by atoms with E-state index in [0.717, 1.165) is 13.0 Å². The maximum atomic E-state index is 12.3. The molecule has 0 saturated heterocycles. The van der Waals surface area contributed by atoms with E-state index in [-0.39, 0.29) is 11.5 Å². The molecule has 2 rings (SSSR count). The normalized spacial score (nSPS) is 11.0. The molecule has 0 atom stereocenters. The summed E-state index contributed by atoms with van der Waals surface area (Å²) in [6.45, 7) is 6.04. The number of aromatic nitrogens is 3. The minimum absolute atomic E-state index is 0.250. The fourth-order valence-electron chi connectivity index (χ4n) is 2.22. The van der Waals surface area contributed by atoms with E-state index in [4.69, 9.17) is 0 Å². The van der Waals surface area contributed by atoms with Crippen molar-refractivity contribution in [1.29, 1.82) is 0 Å². The first-order valence-corrected chi connectivity index (χ1v) is 7.10. The zero-order valence-corrected chi connectivity index (χ0v) is 12.6. The molecule has 0 bridgehead atoms. The van der Waals surface area contributed by atoms with Gasteiger partial charge in [0.05, 0.1) is 10.9 Å². The number of aromatic amines is 1.